The van der Waals surface area contributed by atoms with Gasteiger partial charge in [-0.1, -0.05) is 30.3 Å². The number of carboxylic acids is 1. The van der Waals surface area contributed by atoms with Crippen molar-refractivity contribution in [2.75, 3.05) is 23.3 Å². The number of aromatic amines is 1. The lowest BCUT2D eigenvalue weighted by Crippen LogP contribution is -2.51. The Morgan fingerprint density at radius 1 is 1.09 bits per heavy atom. The number of anilines is 2. The van der Waals surface area contributed by atoms with Gasteiger partial charge in [0, 0.05) is 23.5 Å². The molecule has 5 N–H and O–H groups in total. The van der Waals surface area contributed by atoms with Crippen molar-refractivity contribution >= 4 is 46.1 Å². The zero-order valence-electron chi connectivity index (χ0n) is 16.9. The van der Waals surface area contributed by atoms with E-state index in [1.165, 1.54) is 4.90 Å². The van der Waals surface area contributed by atoms with Crippen LogP contribution in [0.1, 0.15) is 5.56 Å². The number of aromatic nitrogens is 1. The van der Waals surface area contributed by atoms with E-state index < -0.39 is 30.5 Å². The van der Waals surface area contributed by atoms with Crippen LogP contribution in [-0.4, -0.2) is 53.0 Å². The third-order valence-electron chi connectivity index (χ3n) is 5.15. The summed E-state index contributed by atoms with van der Waals surface area (Å²) in [6.07, 6.45) is 1.80. The minimum atomic E-state index is -1.18. The molecule has 1 atom stereocenters. The van der Waals surface area contributed by atoms with Gasteiger partial charge in [0.2, 0.25) is 11.8 Å². The Morgan fingerprint density at radius 2 is 1.84 bits per heavy atom. The van der Waals surface area contributed by atoms with Crippen LogP contribution in [0.25, 0.3) is 10.9 Å². The van der Waals surface area contributed by atoms with E-state index >= 15 is 0 Å². The molecule has 1 aromatic heterocycles. The molecule has 3 aromatic rings. The molecule has 1 aliphatic heterocycles. The fourth-order valence-corrected chi connectivity index (χ4v) is 3.63. The van der Waals surface area contributed by atoms with E-state index in [1.54, 1.807) is 30.5 Å². The number of fused-ring (bicyclic) bond motifs is 2. The molecule has 0 saturated heterocycles. The lowest BCUT2D eigenvalue weighted by atomic mass is 10.1. The second-order valence-corrected chi connectivity index (χ2v) is 7.33. The van der Waals surface area contributed by atoms with Gasteiger partial charge in [0.1, 0.15) is 12.6 Å². The molecular weight excluding hydrogens is 414 g/mol. The Hall–Kier alpha value is -4.34. The first kappa shape index (κ1) is 20.9. The van der Waals surface area contributed by atoms with Gasteiger partial charge in [0.15, 0.2) is 0 Å². The van der Waals surface area contributed by atoms with E-state index in [-0.39, 0.29) is 18.9 Å². The number of nitrogens with zero attached hydrogens (tertiary/aromatic N) is 1. The van der Waals surface area contributed by atoms with Gasteiger partial charge in [-0.05, 0) is 23.8 Å². The molecule has 2 aromatic carbocycles. The van der Waals surface area contributed by atoms with E-state index in [9.17, 15) is 24.3 Å². The molecule has 4 rings (SSSR count). The number of hydrogen-bond donors (Lipinski definition) is 5. The SMILES string of the molecule is O=C1CN(C(=O)NCC(=O)NC(Cc2c[nH]c3ccccc23)C(=O)O)c2ccccc2N1. The van der Waals surface area contributed by atoms with E-state index in [1.807, 2.05) is 24.3 Å². The zero-order valence-corrected chi connectivity index (χ0v) is 16.9. The molecule has 2 heterocycles. The number of para-hydroxylation sites is 3. The van der Waals surface area contributed by atoms with Crippen molar-refractivity contribution in [2.24, 2.45) is 0 Å². The molecule has 0 fully saturated rings. The van der Waals surface area contributed by atoms with E-state index in [4.69, 9.17) is 0 Å². The first-order chi connectivity index (χ1) is 15.4. The molecule has 4 amide bonds. The second kappa shape index (κ2) is 8.80. The van der Waals surface area contributed by atoms with Crippen LogP contribution in [0, 0.1) is 0 Å². The second-order valence-electron chi connectivity index (χ2n) is 7.33. The summed E-state index contributed by atoms with van der Waals surface area (Å²) in [6, 6.07) is 12.5. The number of carbonyl (C=O) groups excluding carboxylic acids is 3. The summed E-state index contributed by atoms with van der Waals surface area (Å²) < 4.78 is 0. The Morgan fingerprint density at radius 3 is 2.66 bits per heavy atom. The highest BCUT2D eigenvalue weighted by atomic mass is 16.4. The number of nitrogens with one attached hydrogen (secondary N) is 4. The van der Waals surface area contributed by atoms with Crippen molar-refractivity contribution in [3.05, 3.63) is 60.3 Å². The summed E-state index contributed by atoms with van der Waals surface area (Å²) in [5, 5.41) is 18.0. The summed E-state index contributed by atoms with van der Waals surface area (Å²) in [5.74, 6) is -2.19. The Balaban J connectivity index is 1.37. The van der Waals surface area contributed by atoms with Crippen molar-refractivity contribution < 1.29 is 24.3 Å². The fourth-order valence-electron chi connectivity index (χ4n) is 3.63. The monoisotopic (exact) mass is 435 g/mol. The van der Waals surface area contributed by atoms with Gasteiger partial charge in [-0.2, -0.15) is 0 Å². The largest absolute Gasteiger partial charge is 0.480 e. The lowest BCUT2D eigenvalue weighted by Gasteiger charge is -2.29. The van der Waals surface area contributed by atoms with Gasteiger partial charge in [0.25, 0.3) is 0 Å². The third-order valence-corrected chi connectivity index (χ3v) is 5.15. The van der Waals surface area contributed by atoms with Crippen LogP contribution in [0.4, 0.5) is 16.2 Å². The zero-order chi connectivity index (χ0) is 22.7. The lowest BCUT2D eigenvalue weighted by molar-refractivity contribution is -0.141. The number of amides is 4. The molecule has 10 heteroatoms. The summed E-state index contributed by atoms with van der Waals surface area (Å²) in [6.45, 7) is -0.625. The maximum absolute atomic E-state index is 12.6. The summed E-state index contributed by atoms with van der Waals surface area (Å²) in [4.78, 5) is 52.8. The predicted molar refractivity (Wildman–Crippen MR) is 117 cm³/mol. The number of carbonyl (C=O) groups is 4. The first-order valence-corrected chi connectivity index (χ1v) is 9.94. The van der Waals surface area contributed by atoms with Crippen molar-refractivity contribution in [3.8, 4) is 0 Å². The Bertz CT molecular complexity index is 1200. The topological polar surface area (TPSA) is 144 Å². The van der Waals surface area contributed by atoms with Gasteiger partial charge in [-0.25, -0.2) is 9.59 Å². The van der Waals surface area contributed by atoms with Crippen LogP contribution >= 0.6 is 0 Å². The minimum Gasteiger partial charge on any atom is -0.480 e. The van der Waals surface area contributed by atoms with Gasteiger partial charge in [0.05, 0.1) is 17.9 Å². The summed E-state index contributed by atoms with van der Waals surface area (Å²) in [7, 11) is 0. The number of hydrogen-bond acceptors (Lipinski definition) is 4. The molecule has 164 valence electrons. The normalized spacial score (nSPS) is 13.8. The molecule has 1 unspecified atom stereocenters. The van der Waals surface area contributed by atoms with Crippen LogP contribution in [0.15, 0.2) is 54.7 Å². The maximum atomic E-state index is 12.6. The van der Waals surface area contributed by atoms with Gasteiger partial charge >= 0.3 is 12.0 Å². The predicted octanol–water partition coefficient (Wildman–Crippen LogP) is 1.45. The third kappa shape index (κ3) is 4.38. The molecule has 10 nitrogen and oxygen atoms in total. The van der Waals surface area contributed by atoms with Crippen molar-refractivity contribution in [2.45, 2.75) is 12.5 Å². The molecule has 0 saturated carbocycles. The number of carboxylic acid groups (broad SMARTS) is 1. The number of H-pyrrole nitrogens is 1. The van der Waals surface area contributed by atoms with Crippen LogP contribution in [0.3, 0.4) is 0 Å². The van der Waals surface area contributed by atoms with E-state index in [2.05, 4.69) is 20.9 Å². The standard InChI is InChI=1S/C22H21N5O5/c28-19(11-24-22(32)27-12-20(29)25-16-7-3-4-8-18(16)27)26-17(21(30)31)9-13-10-23-15-6-2-1-5-14(13)15/h1-8,10,17,23H,9,11-12H2,(H,24,32)(H,25,29)(H,26,28)(H,30,31). The highest BCUT2D eigenvalue weighted by molar-refractivity contribution is 6.09. The van der Waals surface area contributed by atoms with Crippen LogP contribution in [0.5, 0.6) is 0 Å². The van der Waals surface area contributed by atoms with Crippen LogP contribution in [-0.2, 0) is 20.8 Å². The molecular formula is C22H21N5O5. The highest BCUT2D eigenvalue weighted by Crippen LogP contribution is 2.28. The average Bonchev–Trinajstić information content (AvgIpc) is 3.19. The maximum Gasteiger partial charge on any atom is 0.326 e. The molecule has 32 heavy (non-hydrogen) atoms. The van der Waals surface area contributed by atoms with E-state index in [0.717, 1.165) is 16.5 Å². The average molecular weight is 435 g/mol. The number of rotatable bonds is 6. The first-order valence-electron chi connectivity index (χ1n) is 9.94. The number of benzene rings is 2. The molecule has 0 aliphatic carbocycles. The molecule has 0 radical (unpaired) electrons. The quantitative estimate of drug-likeness (QED) is 0.398. The van der Waals surface area contributed by atoms with E-state index in [0.29, 0.717) is 11.4 Å². The highest BCUT2D eigenvalue weighted by Gasteiger charge is 2.27. The smallest absolute Gasteiger partial charge is 0.326 e. The van der Waals surface area contributed by atoms with Gasteiger partial charge in [-0.3, -0.25) is 14.5 Å². The number of aliphatic carboxylic acids is 1. The van der Waals surface area contributed by atoms with Crippen molar-refractivity contribution in [1.82, 2.24) is 15.6 Å². The summed E-state index contributed by atoms with van der Waals surface area (Å²) in [5.41, 5.74) is 2.63. The van der Waals surface area contributed by atoms with Gasteiger partial charge in [-0.15, -0.1) is 0 Å². The minimum absolute atomic E-state index is 0.0820. The van der Waals surface area contributed by atoms with Crippen LogP contribution in [0.2, 0.25) is 0 Å². The number of urea groups is 1. The fraction of sp³-hybridized carbons (Fsp3) is 0.182. The summed E-state index contributed by atoms with van der Waals surface area (Å²) >= 11 is 0. The molecule has 1 aliphatic rings. The molecule has 0 spiro atoms. The van der Waals surface area contributed by atoms with Crippen molar-refractivity contribution in [1.29, 1.82) is 0 Å². The van der Waals surface area contributed by atoms with Gasteiger partial charge < -0.3 is 26.0 Å². The molecule has 0 bridgehead atoms. The van der Waals surface area contributed by atoms with Crippen molar-refractivity contribution in [3.63, 3.8) is 0 Å². The van der Waals surface area contributed by atoms with Crippen LogP contribution < -0.4 is 20.9 Å². The Kier molecular flexibility index (Phi) is 5.75. The Labute approximate surface area is 182 Å².